The van der Waals surface area contributed by atoms with E-state index in [-0.39, 0.29) is 11.2 Å². The number of carbonyl (C=O) groups excluding carboxylic acids is 2. The van der Waals surface area contributed by atoms with Gasteiger partial charge in [0.1, 0.15) is 0 Å². The number of thiophene rings is 1. The maximum Gasteiger partial charge on any atom is 0.165 e. The predicted molar refractivity (Wildman–Crippen MR) is 67.9 cm³/mol. The highest BCUT2D eigenvalue weighted by atomic mass is 32.2. The lowest BCUT2D eigenvalue weighted by Crippen LogP contribution is -2.26. The maximum atomic E-state index is 12.1. The van der Waals surface area contributed by atoms with Gasteiger partial charge in [-0.25, -0.2) is 0 Å². The highest BCUT2D eigenvalue weighted by molar-refractivity contribution is 8.00. The molecule has 0 N–H and O–H groups in total. The molecule has 0 atom stereocenters. The molecule has 86 valence electrons. The molecule has 16 heavy (non-hydrogen) atoms. The van der Waals surface area contributed by atoms with Crippen molar-refractivity contribution in [2.24, 2.45) is 5.41 Å². The molecule has 0 bridgehead atoms. The first kappa shape index (κ1) is 11.9. The zero-order valence-electron chi connectivity index (χ0n) is 9.62. The molecule has 0 radical (unpaired) electrons. The number of hydrogen-bond acceptors (Lipinski definition) is 4. The van der Waals surface area contributed by atoms with Crippen molar-refractivity contribution < 1.29 is 9.59 Å². The van der Waals surface area contributed by atoms with Crippen LogP contribution >= 0.6 is 23.1 Å². The second kappa shape index (κ2) is 4.00. The van der Waals surface area contributed by atoms with Gasteiger partial charge in [0.15, 0.2) is 12.1 Å². The average molecular weight is 254 g/mol. The van der Waals surface area contributed by atoms with Crippen molar-refractivity contribution in [1.82, 2.24) is 0 Å². The first-order valence-corrected chi connectivity index (χ1v) is 7.20. The number of ketones is 1. The van der Waals surface area contributed by atoms with Crippen LogP contribution in [0.25, 0.3) is 0 Å². The smallest absolute Gasteiger partial charge is 0.165 e. The van der Waals surface area contributed by atoms with Crippen molar-refractivity contribution in [2.45, 2.75) is 30.9 Å². The summed E-state index contributed by atoms with van der Waals surface area (Å²) >= 11 is 3.02. The molecule has 0 amide bonds. The number of rotatable bonds is 2. The third-order valence-corrected chi connectivity index (χ3v) is 5.15. The zero-order chi connectivity index (χ0) is 11.9. The van der Waals surface area contributed by atoms with Gasteiger partial charge in [-0.3, -0.25) is 9.59 Å². The van der Waals surface area contributed by atoms with Crippen LogP contribution in [0.4, 0.5) is 0 Å². The van der Waals surface area contributed by atoms with Crippen molar-refractivity contribution in [3.8, 4) is 0 Å². The highest BCUT2D eigenvalue weighted by Gasteiger charge is 2.35. The van der Waals surface area contributed by atoms with E-state index in [4.69, 9.17) is 0 Å². The second-order valence-corrected chi connectivity index (χ2v) is 7.00. The summed E-state index contributed by atoms with van der Waals surface area (Å²) in [6.07, 6.45) is 4.26. The number of hydrogen-bond donors (Lipinski definition) is 0. The Morgan fingerprint density at radius 2 is 2.06 bits per heavy atom. The lowest BCUT2D eigenvalue weighted by atomic mass is 9.74. The van der Waals surface area contributed by atoms with E-state index in [0.717, 1.165) is 32.9 Å². The molecule has 0 unspecified atom stereocenters. The van der Waals surface area contributed by atoms with Gasteiger partial charge in [-0.05, 0) is 23.7 Å². The molecule has 1 heterocycles. The Morgan fingerprint density at radius 1 is 1.38 bits per heavy atom. The Balaban J connectivity index is 2.61. The molecule has 2 rings (SSSR count). The van der Waals surface area contributed by atoms with Crippen LogP contribution in [-0.2, 0) is 6.42 Å². The Kier molecular flexibility index (Phi) is 2.97. The van der Waals surface area contributed by atoms with Gasteiger partial charge < -0.3 is 0 Å². The average Bonchev–Trinajstić information content (AvgIpc) is 2.54. The van der Waals surface area contributed by atoms with Crippen molar-refractivity contribution in [3.05, 3.63) is 16.0 Å². The van der Waals surface area contributed by atoms with E-state index in [9.17, 15) is 9.59 Å². The molecule has 0 saturated carbocycles. The Hall–Kier alpha value is -0.610. The Morgan fingerprint density at radius 3 is 2.62 bits per heavy atom. The SMILES string of the molecule is CSc1sc(C=O)c2c1C(=O)CC(C)(C)C2. The van der Waals surface area contributed by atoms with Gasteiger partial charge in [0.2, 0.25) is 0 Å². The normalized spacial score (nSPS) is 18.3. The molecule has 1 aromatic rings. The molecular formula is C12H14O2S2. The fraction of sp³-hybridized carbons (Fsp3) is 0.500. The van der Waals surface area contributed by atoms with Crippen LogP contribution in [0.5, 0.6) is 0 Å². The van der Waals surface area contributed by atoms with E-state index in [0.29, 0.717) is 6.42 Å². The van der Waals surface area contributed by atoms with Gasteiger partial charge in [-0.15, -0.1) is 23.1 Å². The van der Waals surface area contributed by atoms with Crippen LogP contribution in [0.3, 0.4) is 0 Å². The number of Topliss-reactive ketones (excluding diaryl/α,β-unsaturated/α-hetero) is 1. The summed E-state index contributed by atoms with van der Waals surface area (Å²) in [5, 5.41) is 0. The monoisotopic (exact) mass is 254 g/mol. The number of aldehydes is 1. The predicted octanol–water partition coefficient (Wildman–Crippen LogP) is 3.44. The summed E-state index contributed by atoms with van der Waals surface area (Å²) in [6, 6.07) is 0. The summed E-state index contributed by atoms with van der Waals surface area (Å²) in [6.45, 7) is 4.16. The standard InChI is InChI=1S/C12H14O2S2/c1-12(2)4-7-9(6-13)16-11(15-3)10(7)8(14)5-12/h6H,4-5H2,1-3H3. The lowest BCUT2D eigenvalue weighted by Gasteiger charge is -2.29. The van der Waals surface area contributed by atoms with E-state index in [1.165, 1.54) is 11.3 Å². The summed E-state index contributed by atoms with van der Waals surface area (Å²) in [7, 11) is 0. The van der Waals surface area contributed by atoms with E-state index in [1.54, 1.807) is 11.8 Å². The topological polar surface area (TPSA) is 34.1 Å². The van der Waals surface area contributed by atoms with Crippen LogP contribution < -0.4 is 0 Å². The molecule has 0 fully saturated rings. The largest absolute Gasteiger partial charge is 0.297 e. The van der Waals surface area contributed by atoms with Gasteiger partial charge in [0.05, 0.1) is 9.09 Å². The van der Waals surface area contributed by atoms with Crippen molar-refractivity contribution >= 4 is 35.2 Å². The van der Waals surface area contributed by atoms with Crippen molar-refractivity contribution in [3.63, 3.8) is 0 Å². The van der Waals surface area contributed by atoms with Gasteiger partial charge >= 0.3 is 0 Å². The minimum absolute atomic E-state index is 0.0153. The quantitative estimate of drug-likeness (QED) is 0.599. The summed E-state index contributed by atoms with van der Waals surface area (Å²) in [5.74, 6) is 0.194. The zero-order valence-corrected chi connectivity index (χ0v) is 11.3. The van der Waals surface area contributed by atoms with E-state index in [2.05, 4.69) is 13.8 Å². The number of carbonyl (C=O) groups is 2. The molecule has 1 aliphatic rings. The van der Waals surface area contributed by atoms with Crippen molar-refractivity contribution in [2.75, 3.05) is 6.26 Å². The number of thioether (sulfide) groups is 1. The van der Waals surface area contributed by atoms with Crippen LogP contribution in [-0.4, -0.2) is 18.3 Å². The molecule has 4 heteroatoms. The van der Waals surface area contributed by atoms with Crippen LogP contribution in [0.2, 0.25) is 0 Å². The minimum Gasteiger partial charge on any atom is -0.297 e. The summed E-state index contributed by atoms with van der Waals surface area (Å²) in [4.78, 5) is 23.8. The van der Waals surface area contributed by atoms with Crippen molar-refractivity contribution in [1.29, 1.82) is 0 Å². The summed E-state index contributed by atoms with van der Waals surface area (Å²) in [5.41, 5.74) is 1.78. The van der Waals surface area contributed by atoms with E-state index < -0.39 is 0 Å². The van der Waals surface area contributed by atoms with Gasteiger partial charge in [-0.2, -0.15) is 0 Å². The second-order valence-electron chi connectivity index (χ2n) is 4.87. The molecular weight excluding hydrogens is 240 g/mol. The molecule has 2 nitrogen and oxygen atoms in total. The van der Waals surface area contributed by atoms with Gasteiger partial charge in [0, 0.05) is 12.0 Å². The lowest BCUT2D eigenvalue weighted by molar-refractivity contribution is 0.0910. The minimum atomic E-state index is -0.0153. The fourth-order valence-corrected chi connectivity index (χ4v) is 4.15. The van der Waals surface area contributed by atoms with E-state index >= 15 is 0 Å². The van der Waals surface area contributed by atoms with Gasteiger partial charge in [0.25, 0.3) is 0 Å². The molecule has 1 aromatic heterocycles. The van der Waals surface area contributed by atoms with E-state index in [1.807, 2.05) is 6.26 Å². The molecule has 1 aliphatic carbocycles. The van der Waals surface area contributed by atoms with Crippen LogP contribution in [0, 0.1) is 5.41 Å². The molecule has 0 aliphatic heterocycles. The molecule has 0 aromatic carbocycles. The molecule has 0 spiro atoms. The third kappa shape index (κ3) is 1.84. The fourth-order valence-electron chi connectivity index (χ4n) is 2.22. The Labute approximate surface area is 103 Å². The van der Waals surface area contributed by atoms with Gasteiger partial charge in [-0.1, -0.05) is 13.8 Å². The summed E-state index contributed by atoms with van der Waals surface area (Å²) < 4.78 is 0.998. The first-order valence-electron chi connectivity index (χ1n) is 5.16. The Bertz CT molecular complexity index is 458. The third-order valence-electron chi connectivity index (χ3n) is 2.87. The number of fused-ring (bicyclic) bond motifs is 1. The first-order chi connectivity index (χ1) is 7.48. The highest BCUT2D eigenvalue weighted by Crippen LogP contribution is 2.43. The van der Waals surface area contributed by atoms with Crippen LogP contribution in [0.15, 0.2) is 4.21 Å². The maximum absolute atomic E-state index is 12.1. The molecule has 0 saturated heterocycles. The van der Waals surface area contributed by atoms with Crippen LogP contribution in [0.1, 0.15) is 45.9 Å².